The first kappa shape index (κ1) is 12.3. The molecule has 1 aliphatic heterocycles. The van der Waals surface area contributed by atoms with Gasteiger partial charge in [-0.3, -0.25) is 4.79 Å². The molecule has 1 aromatic rings. The van der Waals surface area contributed by atoms with E-state index in [0.717, 1.165) is 6.54 Å². The van der Waals surface area contributed by atoms with E-state index in [-0.39, 0.29) is 6.10 Å². The van der Waals surface area contributed by atoms with E-state index in [1.54, 1.807) is 13.8 Å². The second-order valence-electron chi connectivity index (χ2n) is 3.69. The van der Waals surface area contributed by atoms with Crippen LogP contribution in [0.25, 0.3) is 6.08 Å². The van der Waals surface area contributed by atoms with Crippen molar-refractivity contribution >= 4 is 12.5 Å². The number of fused-ring (bicyclic) bond motifs is 1. The molecule has 0 bridgehead atoms. The molecule has 0 aliphatic carbocycles. The molecule has 0 saturated carbocycles. The molecule has 0 amide bonds. The summed E-state index contributed by atoms with van der Waals surface area (Å²) in [6.45, 7) is 5.01. The Morgan fingerprint density at radius 2 is 2.12 bits per heavy atom. The van der Waals surface area contributed by atoms with Gasteiger partial charge in [0.15, 0.2) is 0 Å². The number of ether oxygens (including phenoxy) is 1. The van der Waals surface area contributed by atoms with E-state index >= 15 is 0 Å². The molecule has 1 N–H and O–H groups in total. The minimum Gasteiger partial charge on any atom is -0.465 e. The lowest BCUT2D eigenvalue weighted by Gasteiger charge is -2.10. The number of rotatable bonds is 2. The summed E-state index contributed by atoms with van der Waals surface area (Å²) in [5, 5.41) is 3.16. The standard InChI is InChI=1S/C9H9N.C4H8O2/c1-2-4-9-7-10-6-5-8(9)3-1;1-4(2)6-3-5/h1-6,10H,7H2;3-4H,1-2H3. The molecule has 86 valence electrons. The van der Waals surface area contributed by atoms with Crippen LogP contribution < -0.4 is 5.32 Å². The topological polar surface area (TPSA) is 38.3 Å². The summed E-state index contributed by atoms with van der Waals surface area (Å²) in [6, 6.07) is 8.41. The number of nitrogens with one attached hydrogen (secondary N) is 1. The molecule has 0 spiro atoms. The zero-order chi connectivity index (χ0) is 11.8. The number of benzene rings is 1. The fourth-order valence-corrected chi connectivity index (χ4v) is 1.29. The predicted octanol–water partition coefficient (Wildman–Crippen LogP) is 2.33. The summed E-state index contributed by atoms with van der Waals surface area (Å²) < 4.78 is 4.36. The molecule has 0 aromatic heterocycles. The fraction of sp³-hybridized carbons (Fsp3) is 0.308. The van der Waals surface area contributed by atoms with Gasteiger partial charge in [-0.15, -0.1) is 0 Å². The van der Waals surface area contributed by atoms with Crippen LogP contribution in [0.4, 0.5) is 0 Å². The van der Waals surface area contributed by atoms with Crippen molar-refractivity contribution in [3.8, 4) is 0 Å². The molecular formula is C13H17NO2. The minimum atomic E-state index is 0.0301. The van der Waals surface area contributed by atoms with E-state index in [2.05, 4.69) is 40.4 Å². The molecule has 1 aliphatic rings. The summed E-state index contributed by atoms with van der Waals surface area (Å²) in [5.74, 6) is 0. The molecule has 16 heavy (non-hydrogen) atoms. The van der Waals surface area contributed by atoms with Crippen molar-refractivity contribution < 1.29 is 9.53 Å². The molecule has 0 fully saturated rings. The Bertz CT molecular complexity index is 359. The predicted molar refractivity (Wildman–Crippen MR) is 64.6 cm³/mol. The van der Waals surface area contributed by atoms with Gasteiger partial charge in [0.25, 0.3) is 6.47 Å². The molecule has 0 atom stereocenters. The van der Waals surface area contributed by atoms with Gasteiger partial charge in [-0.1, -0.05) is 24.3 Å². The summed E-state index contributed by atoms with van der Waals surface area (Å²) in [4.78, 5) is 9.39. The van der Waals surface area contributed by atoms with Gasteiger partial charge in [-0.05, 0) is 37.3 Å². The van der Waals surface area contributed by atoms with Gasteiger partial charge in [0.1, 0.15) is 0 Å². The van der Waals surface area contributed by atoms with Crippen LogP contribution in [0.3, 0.4) is 0 Å². The molecule has 2 rings (SSSR count). The number of carbonyl (C=O) groups is 1. The van der Waals surface area contributed by atoms with Crippen molar-refractivity contribution in [3.63, 3.8) is 0 Å². The summed E-state index contributed by atoms with van der Waals surface area (Å²) in [6.07, 6.45) is 4.11. The zero-order valence-electron chi connectivity index (χ0n) is 9.64. The normalized spacial score (nSPS) is 11.9. The lowest BCUT2D eigenvalue weighted by atomic mass is 10.1. The van der Waals surface area contributed by atoms with E-state index in [9.17, 15) is 4.79 Å². The highest BCUT2D eigenvalue weighted by Gasteiger charge is 1.99. The van der Waals surface area contributed by atoms with E-state index in [1.807, 2.05) is 6.20 Å². The van der Waals surface area contributed by atoms with Crippen LogP contribution in [0.1, 0.15) is 25.0 Å². The molecule has 3 heteroatoms. The molecule has 1 aromatic carbocycles. The maximum Gasteiger partial charge on any atom is 0.293 e. The maximum absolute atomic E-state index is 9.39. The van der Waals surface area contributed by atoms with Crippen molar-refractivity contribution in [2.75, 3.05) is 0 Å². The van der Waals surface area contributed by atoms with Gasteiger partial charge in [0.05, 0.1) is 6.10 Å². The third-order valence-electron chi connectivity index (χ3n) is 2.06. The highest BCUT2D eigenvalue weighted by Crippen LogP contribution is 2.12. The number of hydrogen-bond acceptors (Lipinski definition) is 3. The van der Waals surface area contributed by atoms with E-state index in [0.29, 0.717) is 6.47 Å². The Balaban J connectivity index is 0.000000187. The molecule has 0 unspecified atom stereocenters. The smallest absolute Gasteiger partial charge is 0.293 e. The Morgan fingerprint density at radius 1 is 1.38 bits per heavy atom. The van der Waals surface area contributed by atoms with Crippen LogP contribution in [0, 0.1) is 0 Å². The Morgan fingerprint density at radius 3 is 2.69 bits per heavy atom. The van der Waals surface area contributed by atoms with Gasteiger partial charge in [-0.25, -0.2) is 0 Å². The molecule has 1 heterocycles. The van der Waals surface area contributed by atoms with Crippen LogP contribution in [0.2, 0.25) is 0 Å². The third kappa shape index (κ3) is 4.17. The van der Waals surface area contributed by atoms with Gasteiger partial charge in [0, 0.05) is 6.54 Å². The first-order chi connectivity index (χ1) is 7.74. The SMILES string of the molecule is C1=Cc2ccccc2CN1.CC(C)OC=O. The maximum atomic E-state index is 9.39. The van der Waals surface area contributed by atoms with Crippen LogP contribution >= 0.6 is 0 Å². The van der Waals surface area contributed by atoms with Crippen LogP contribution in [0.5, 0.6) is 0 Å². The molecule has 3 nitrogen and oxygen atoms in total. The summed E-state index contributed by atoms with van der Waals surface area (Å²) >= 11 is 0. The highest BCUT2D eigenvalue weighted by atomic mass is 16.5. The van der Waals surface area contributed by atoms with Gasteiger partial charge in [-0.2, -0.15) is 0 Å². The first-order valence-electron chi connectivity index (χ1n) is 5.31. The van der Waals surface area contributed by atoms with Gasteiger partial charge in [0.2, 0.25) is 0 Å². The van der Waals surface area contributed by atoms with Crippen molar-refractivity contribution in [2.45, 2.75) is 26.5 Å². The van der Waals surface area contributed by atoms with Crippen molar-refractivity contribution in [1.29, 1.82) is 0 Å². The fourth-order valence-electron chi connectivity index (χ4n) is 1.29. The van der Waals surface area contributed by atoms with E-state index in [1.165, 1.54) is 11.1 Å². The van der Waals surface area contributed by atoms with Crippen molar-refractivity contribution in [3.05, 3.63) is 41.6 Å². The largest absolute Gasteiger partial charge is 0.465 e. The quantitative estimate of drug-likeness (QED) is 0.776. The second-order valence-corrected chi connectivity index (χ2v) is 3.69. The monoisotopic (exact) mass is 219 g/mol. The lowest BCUT2D eigenvalue weighted by molar-refractivity contribution is -0.131. The van der Waals surface area contributed by atoms with Crippen LogP contribution in [0.15, 0.2) is 30.5 Å². The number of hydrogen-bond donors (Lipinski definition) is 1. The second kappa shape index (κ2) is 6.67. The third-order valence-corrected chi connectivity index (χ3v) is 2.06. The molecule has 0 saturated heterocycles. The van der Waals surface area contributed by atoms with Gasteiger partial charge >= 0.3 is 0 Å². The highest BCUT2D eigenvalue weighted by molar-refractivity contribution is 5.55. The van der Waals surface area contributed by atoms with Crippen LogP contribution in [-0.2, 0) is 16.1 Å². The lowest BCUT2D eigenvalue weighted by Crippen LogP contribution is -2.09. The first-order valence-corrected chi connectivity index (χ1v) is 5.31. The Kier molecular flexibility index (Phi) is 5.12. The number of carbonyl (C=O) groups excluding carboxylic acids is 1. The Labute approximate surface area is 96.1 Å². The Hall–Kier alpha value is -1.77. The summed E-state index contributed by atoms with van der Waals surface area (Å²) in [5.41, 5.74) is 2.71. The average molecular weight is 219 g/mol. The van der Waals surface area contributed by atoms with E-state index < -0.39 is 0 Å². The van der Waals surface area contributed by atoms with Crippen molar-refractivity contribution in [1.82, 2.24) is 5.32 Å². The van der Waals surface area contributed by atoms with Crippen molar-refractivity contribution in [2.24, 2.45) is 0 Å². The molecule has 0 radical (unpaired) electrons. The average Bonchev–Trinajstić information content (AvgIpc) is 2.30. The van der Waals surface area contributed by atoms with Gasteiger partial charge < -0.3 is 10.1 Å². The zero-order valence-corrected chi connectivity index (χ0v) is 9.64. The minimum absolute atomic E-state index is 0.0301. The van der Waals surface area contributed by atoms with Crippen LogP contribution in [-0.4, -0.2) is 12.6 Å². The van der Waals surface area contributed by atoms with E-state index in [4.69, 9.17) is 0 Å². The summed E-state index contributed by atoms with van der Waals surface area (Å²) in [7, 11) is 0. The molecular weight excluding hydrogens is 202 g/mol.